The molecule has 0 fully saturated rings. The second-order valence-electron chi connectivity index (χ2n) is 7.30. The second kappa shape index (κ2) is 9.45. The summed E-state index contributed by atoms with van der Waals surface area (Å²) in [7, 11) is 0. The number of allylic oxidation sites excluding steroid dienone is 1. The number of halogens is 2. The van der Waals surface area contributed by atoms with Crippen molar-refractivity contribution in [3.05, 3.63) is 96.7 Å². The van der Waals surface area contributed by atoms with E-state index < -0.39 is 4.92 Å². The van der Waals surface area contributed by atoms with Gasteiger partial charge in [0.05, 0.1) is 31.0 Å². The summed E-state index contributed by atoms with van der Waals surface area (Å²) in [5, 5.41) is 20.8. The van der Waals surface area contributed by atoms with E-state index in [1.165, 1.54) is 12.1 Å². The molecule has 0 atom stereocenters. The Bertz CT molecular complexity index is 1420. The van der Waals surface area contributed by atoms with Gasteiger partial charge in [-0.25, -0.2) is 4.98 Å². The molecule has 0 radical (unpaired) electrons. The van der Waals surface area contributed by atoms with Crippen LogP contribution in [0.3, 0.4) is 0 Å². The zero-order valence-corrected chi connectivity index (χ0v) is 19.6. The van der Waals surface area contributed by atoms with Crippen LogP contribution in [0.15, 0.2) is 59.1 Å². The molecule has 1 heterocycles. The van der Waals surface area contributed by atoms with E-state index in [4.69, 9.17) is 16.3 Å². The number of H-pyrrole nitrogens is 1. The van der Waals surface area contributed by atoms with Crippen LogP contribution in [0.5, 0.6) is 5.75 Å². The number of ether oxygens (including phenoxy) is 1. The number of nitro benzene ring substituents is 1. The Hall–Kier alpha value is -3.67. The van der Waals surface area contributed by atoms with E-state index in [2.05, 4.69) is 32.0 Å². The molecular formula is C24H16BrClN4O3. The van der Waals surface area contributed by atoms with Crippen molar-refractivity contribution in [2.75, 3.05) is 0 Å². The van der Waals surface area contributed by atoms with Crippen LogP contribution in [0.2, 0.25) is 5.02 Å². The van der Waals surface area contributed by atoms with Gasteiger partial charge in [-0.3, -0.25) is 10.1 Å². The van der Waals surface area contributed by atoms with Gasteiger partial charge in [-0.1, -0.05) is 17.7 Å². The molecule has 4 aromatic rings. The van der Waals surface area contributed by atoms with Gasteiger partial charge in [0.25, 0.3) is 5.69 Å². The molecule has 0 aliphatic carbocycles. The summed E-state index contributed by atoms with van der Waals surface area (Å²) in [6.45, 7) is 2.18. The molecule has 3 aromatic carbocycles. The molecule has 0 amide bonds. The minimum Gasteiger partial charge on any atom is -0.486 e. The van der Waals surface area contributed by atoms with E-state index in [1.807, 2.05) is 25.1 Å². The monoisotopic (exact) mass is 522 g/mol. The number of fused-ring (bicyclic) bond motifs is 1. The number of rotatable bonds is 6. The minimum absolute atomic E-state index is 0.0157. The van der Waals surface area contributed by atoms with Crippen LogP contribution in [0.4, 0.5) is 5.69 Å². The number of hydrogen-bond donors (Lipinski definition) is 1. The van der Waals surface area contributed by atoms with Gasteiger partial charge in [0, 0.05) is 12.1 Å². The maximum Gasteiger partial charge on any atom is 0.269 e. The molecule has 0 spiro atoms. The van der Waals surface area contributed by atoms with Crippen molar-refractivity contribution in [3.8, 4) is 11.8 Å². The van der Waals surface area contributed by atoms with Crippen molar-refractivity contribution in [2.45, 2.75) is 13.5 Å². The first-order valence-electron chi connectivity index (χ1n) is 9.78. The summed E-state index contributed by atoms with van der Waals surface area (Å²) < 4.78 is 6.43. The molecule has 0 saturated carbocycles. The molecule has 1 aromatic heterocycles. The second-order valence-corrected chi connectivity index (χ2v) is 8.56. The molecule has 164 valence electrons. The highest BCUT2D eigenvalue weighted by Crippen LogP contribution is 2.36. The van der Waals surface area contributed by atoms with Gasteiger partial charge in [0.15, 0.2) is 5.75 Å². The Balaban J connectivity index is 1.56. The van der Waals surface area contributed by atoms with E-state index in [0.29, 0.717) is 32.2 Å². The number of aromatic nitrogens is 2. The van der Waals surface area contributed by atoms with Gasteiger partial charge in [0.1, 0.15) is 18.5 Å². The van der Waals surface area contributed by atoms with Crippen molar-refractivity contribution in [2.24, 2.45) is 0 Å². The Morgan fingerprint density at radius 3 is 2.70 bits per heavy atom. The molecule has 7 nitrogen and oxygen atoms in total. The first-order valence-corrected chi connectivity index (χ1v) is 10.9. The number of hydrogen-bond acceptors (Lipinski definition) is 5. The highest BCUT2D eigenvalue weighted by atomic mass is 79.9. The van der Waals surface area contributed by atoms with Crippen LogP contribution in [-0.2, 0) is 6.61 Å². The molecule has 0 bridgehead atoms. The Morgan fingerprint density at radius 1 is 1.27 bits per heavy atom. The minimum atomic E-state index is -0.452. The van der Waals surface area contributed by atoms with Crippen molar-refractivity contribution in [1.82, 2.24) is 9.97 Å². The number of nitrogens with zero attached hydrogens (tertiary/aromatic N) is 3. The molecule has 0 aliphatic rings. The summed E-state index contributed by atoms with van der Waals surface area (Å²) >= 11 is 9.91. The molecule has 4 rings (SSSR count). The SMILES string of the molecule is Cc1ccc2nc(/C(C#N)=C\c3cc(Cl)c(OCc4ccc([N+](=O)[O-])cc4)c(Br)c3)[nH]c2c1. The summed E-state index contributed by atoms with van der Waals surface area (Å²) in [5.41, 5.74) is 4.59. The van der Waals surface area contributed by atoms with E-state index in [9.17, 15) is 15.4 Å². The van der Waals surface area contributed by atoms with Crippen LogP contribution in [0.1, 0.15) is 22.5 Å². The maximum absolute atomic E-state index is 10.8. The van der Waals surface area contributed by atoms with Gasteiger partial charge in [-0.2, -0.15) is 5.26 Å². The van der Waals surface area contributed by atoms with Gasteiger partial charge in [-0.15, -0.1) is 0 Å². The molecule has 1 N–H and O–H groups in total. The lowest BCUT2D eigenvalue weighted by atomic mass is 10.1. The topological polar surface area (TPSA) is 105 Å². The Labute approximate surface area is 202 Å². The molecule has 9 heteroatoms. The van der Waals surface area contributed by atoms with E-state index in [-0.39, 0.29) is 12.3 Å². The van der Waals surface area contributed by atoms with E-state index >= 15 is 0 Å². The first-order chi connectivity index (χ1) is 15.8. The van der Waals surface area contributed by atoms with E-state index in [1.54, 1.807) is 30.3 Å². The lowest BCUT2D eigenvalue weighted by Crippen LogP contribution is -1.98. The molecular weight excluding hydrogens is 508 g/mol. The lowest BCUT2D eigenvalue weighted by Gasteiger charge is -2.11. The predicted molar refractivity (Wildman–Crippen MR) is 131 cm³/mol. The van der Waals surface area contributed by atoms with Gasteiger partial charge >= 0.3 is 0 Å². The number of aromatic amines is 1. The molecule has 0 unspecified atom stereocenters. The zero-order chi connectivity index (χ0) is 23.5. The molecule has 33 heavy (non-hydrogen) atoms. The molecule has 0 saturated heterocycles. The van der Waals surface area contributed by atoms with Crippen LogP contribution < -0.4 is 4.74 Å². The average Bonchev–Trinajstić information content (AvgIpc) is 3.20. The van der Waals surface area contributed by atoms with E-state index in [0.717, 1.165) is 22.2 Å². The Morgan fingerprint density at radius 2 is 2.03 bits per heavy atom. The summed E-state index contributed by atoms with van der Waals surface area (Å²) in [5.74, 6) is 0.911. The Kier molecular flexibility index (Phi) is 6.45. The number of non-ortho nitro benzene ring substituents is 1. The third-order valence-electron chi connectivity index (χ3n) is 4.87. The number of benzene rings is 3. The fourth-order valence-corrected chi connectivity index (χ4v) is 4.23. The van der Waals surface area contributed by atoms with Gasteiger partial charge in [0.2, 0.25) is 0 Å². The average molecular weight is 524 g/mol. The third-order valence-corrected chi connectivity index (χ3v) is 5.74. The van der Waals surface area contributed by atoms with Crippen LogP contribution in [0, 0.1) is 28.4 Å². The number of nitro groups is 1. The van der Waals surface area contributed by atoms with Crippen LogP contribution >= 0.6 is 27.5 Å². The molecule has 0 aliphatic heterocycles. The van der Waals surface area contributed by atoms with Gasteiger partial charge < -0.3 is 9.72 Å². The van der Waals surface area contributed by atoms with Crippen molar-refractivity contribution in [3.63, 3.8) is 0 Å². The van der Waals surface area contributed by atoms with Crippen molar-refractivity contribution >= 4 is 55.9 Å². The summed E-state index contributed by atoms with van der Waals surface area (Å²) in [4.78, 5) is 18.0. The standard InChI is InChI=1S/C24H16BrClN4O3/c1-14-2-7-21-22(8-14)29-24(28-21)17(12-27)9-16-10-19(25)23(20(26)11-16)33-13-15-3-5-18(6-4-15)30(31)32/h2-11H,13H2,1H3,(H,28,29)/b17-9-. The highest BCUT2D eigenvalue weighted by Gasteiger charge is 2.13. The predicted octanol–water partition coefficient (Wildman–Crippen LogP) is 6.84. The highest BCUT2D eigenvalue weighted by molar-refractivity contribution is 9.10. The third kappa shape index (κ3) is 5.06. The quantitative estimate of drug-likeness (QED) is 0.169. The normalized spacial score (nSPS) is 11.4. The number of nitrogens with one attached hydrogen (secondary N) is 1. The van der Waals surface area contributed by atoms with Crippen LogP contribution in [0.25, 0.3) is 22.7 Å². The first kappa shape index (κ1) is 22.5. The fraction of sp³-hybridized carbons (Fsp3) is 0.0833. The van der Waals surface area contributed by atoms with Crippen molar-refractivity contribution < 1.29 is 9.66 Å². The number of nitriles is 1. The fourth-order valence-electron chi connectivity index (χ4n) is 3.24. The summed E-state index contributed by atoms with van der Waals surface area (Å²) in [6.07, 6.45) is 1.70. The maximum atomic E-state index is 10.8. The van der Waals surface area contributed by atoms with Crippen molar-refractivity contribution in [1.29, 1.82) is 5.26 Å². The largest absolute Gasteiger partial charge is 0.486 e. The zero-order valence-electron chi connectivity index (χ0n) is 17.3. The van der Waals surface area contributed by atoms with Gasteiger partial charge in [-0.05, 0) is 82.0 Å². The number of imidazole rings is 1. The summed E-state index contributed by atoms with van der Waals surface area (Å²) in [6, 6.07) is 17.6. The van der Waals surface area contributed by atoms with Crippen LogP contribution in [-0.4, -0.2) is 14.9 Å². The lowest BCUT2D eigenvalue weighted by molar-refractivity contribution is -0.384. The smallest absolute Gasteiger partial charge is 0.269 e. The number of aryl methyl sites for hydroxylation is 1.